The number of amides is 1. The van der Waals surface area contributed by atoms with Crippen molar-refractivity contribution in [3.63, 3.8) is 0 Å². The lowest BCUT2D eigenvalue weighted by Crippen LogP contribution is -2.53. The molecule has 25 heavy (non-hydrogen) atoms. The molecule has 0 fully saturated rings. The molecule has 2 aromatic carbocycles. The van der Waals surface area contributed by atoms with Crippen molar-refractivity contribution in [2.75, 3.05) is 6.54 Å². The normalized spacial score (nSPS) is 12.9. The Bertz CT molecular complexity index is 685. The Labute approximate surface area is 163 Å². The molecule has 0 aliphatic heterocycles. The number of hydrogen-bond acceptors (Lipinski definition) is 2. The van der Waals surface area contributed by atoms with Crippen LogP contribution in [0.3, 0.4) is 0 Å². The van der Waals surface area contributed by atoms with Crippen LogP contribution in [-0.4, -0.2) is 22.4 Å². The minimum Gasteiger partial charge on any atom is -0.333 e. The van der Waals surface area contributed by atoms with Crippen LogP contribution in [0.1, 0.15) is 11.1 Å². The minimum absolute atomic E-state index is 0.340. The third kappa shape index (κ3) is 7.49. The van der Waals surface area contributed by atoms with Crippen LogP contribution in [0.4, 0.5) is 0 Å². The number of benzene rings is 2. The number of alkyl halides is 3. The zero-order valence-corrected chi connectivity index (χ0v) is 15.7. The van der Waals surface area contributed by atoms with Gasteiger partial charge in [-0.2, -0.15) is 0 Å². The van der Waals surface area contributed by atoms with Crippen LogP contribution in [-0.2, 0) is 11.2 Å². The summed E-state index contributed by atoms with van der Waals surface area (Å²) in [5.74, 6) is -0.340. The molecule has 1 amide bonds. The smallest absolute Gasteiger partial charge is 0.245 e. The first-order valence-electron chi connectivity index (χ1n) is 7.83. The van der Waals surface area contributed by atoms with Gasteiger partial charge >= 0.3 is 0 Å². The Kier molecular flexibility index (Phi) is 7.79. The van der Waals surface area contributed by atoms with Crippen molar-refractivity contribution < 1.29 is 4.79 Å². The standard InChI is InChI=1S/C19H19Cl3N2O/c20-19(21,22)18(23-14-13-16-9-5-2-6-10-16)24-17(25)12-11-15-7-3-1-4-8-15/h1-12,18,23H,13-14H2,(H,24,25). The number of carbonyl (C=O) groups is 1. The fraction of sp³-hybridized carbons (Fsp3) is 0.211. The maximum absolute atomic E-state index is 12.1. The molecule has 6 heteroatoms. The van der Waals surface area contributed by atoms with Gasteiger partial charge in [0.1, 0.15) is 6.17 Å². The molecule has 3 nitrogen and oxygen atoms in total. The number of halogens is 3. The summed E-state index contributed by atoms with van der Waals surface area (Å²) >= 11 is 17.9. The molecular formula is C19H19Cl3N2O. The molecule has 0 radical (unpaired) electrons. The van der Waals surface area contributed by atoms with Gasteiger partial charge in [-0.3, -0.25) is 10.1 Å². The van der Waals surface area contributed by atoms with E-state index in [2.05, 4.69) is 10.6 Å². The van der Waals surface area contributed by atoms with Gasteiger partial charge in [-0.25, -0.2) is 0 Å². The van der Waals surface area contributed by atoms with Crippen LogP contribution in [0.15, 0.2) is 66.7 Å². The van der Waals surface area contributed by atoms with Crippen molar-refractivity contribution in [2.45, 2.75) is 16.4 Å². The van der Waals surface area contributed by atoms with Gasteiger partial charge in [0.05, 0.1) is 0 Å². The summed E-state index contributed by atoms with van der Waals surface area (Å²) < 4.78 is -1.66. The SMILES string of the molecule is O=C(C=Cc1ccccc1)NC(NCCc1ccccc1)C(Cl)(Cl)Cl. The first-order chi connectivity index (χ1) is 11.9. The van der Waals surface area contributed by atoms with Gasteiger partial charge in [0.25, 0.3) is 0 Å². The van der Waals surface area contributed by atoms with Crippen molar-refractivity contribution in [1.29, 1.82) is 0 Å². The number of nitrogens with one attached hydrogen (secondary N) is 2. The van der Waals surface area contributed by atoms with Crippen molar-refractivity contribution >= 4 is 46.8 Å². The molecule has 0 aliphatic carbocycles. The zero-order chi connectivity index (χ0) is 18.1. The highest BCUT2D eigenvalue weighted by atomic mass is 35.6. The Balaban J connectivity index is 1.89. The lowest BCUT2D eigenvalue weighted by atomic mass is 10.1. The van der Waals surface area contributed by atoms with Crippen molar-refractivity contribution in [1.82, 2.24) is 10.6 Å². The molecule has 2 rings (SSSR count). The topological polar surface area (TPSA) is 41.1 Å². The van der Waals surface area contributed by atoms with Crippen LogP contribution in [0, 0.1) is 0 Å². The molecule has 1 unspecified atom stereocenters. The summed E-state index contributed by atoms with van der Waals surface area (Å²) in [6, 6.07) is 19.4. The summed E-state index contributed by atoms with van der Waals surface area (Å²) in [5.41, 5.74) is 2.08. The molecule has 0 aliphatic rings. The third-order valence-corrected chi connectivity index (χ3v) is 4.10. The first-order valence-corrected chi connectivity index (χ1v) is 8.96. The third-order valence-electron chi connectivity index (χ3n) is 3.45. The second-order valence-corrected chi connectivity index (χ2v) is 7.79. The van der Waals surface area contributed by atoms with Crippen molar-refractivity contribution in [3.05, 3.63) is 77.9 Å². The first kappa shape index (κ1) is 19.8. The van der Waals surface area contributed by atoms with Crippen molar-refractivity contribution in [2.24, 2.45) is 0 Å². The summed E-state index contributed by atoms with van der Waals surface area (Å²) in [4.78, 5) is 12.1. The van der Waals surface area contributed by atoms with E-state index in [0.29, 0.717) is 6.54 Å². The Morgan fingerprint density at radius 1 is 1.00 bits per heavy atom. The largest absolute Gasteiger partial charge is 0.333 e. The second kappa shape index (κ2) is 9.83. The summed E-state index contributed by atoms with van der Waals surface area (Å²) in [7, 11) is 0. The Hall–Kier alpha value is -1.52. The second-order valence-electron chi connectivity index (χ2n) is 5.42. The van der Waals surface area contributed by atoms with E-state index < -0.39 is 9.96 Å². The monoisotopic (exact) mass is 396 g/mol. The van der Waals surface area contributed by atoms with Crippen LogP contribution in [0.25, 0.3) is 6.08 Å². The average molecular weight is 398 g/mol. The zero-order valence-electron chi connectivity index (χ0n) is 13.5. The lowest BCUT2D eigenvalue weighted by molar-refractivity contribution is -0.117. The van der Waals surface area contributed by atoms with Gasteiger partial charge in [-0.05, 0) is 23.6 Å². The molecule has 0 spiro atoms. The highest BCUT2D eigenvalue weighted by molar-refractivity contribution is 6.68. The van der Waals surface area contributed by atoms with Gasteiger partial charge in [0.15, 0.2) is 0 Å². The van der Waals surface area contributed by atoms with Gasteiger partial charge < -0.3 is 5.32 Å². The highest BCUT2D eigenvalue weighted by Gasteiger charge is 2.33. The summed E-state index contributed by atoms with van der Waals surface area (Å²) in [6.07, 6.45) is 3.08. The Morgan fingerprint density at radius 2 is 1.60 bits per heavy atom. The summed E-state index contributed by atoms with van der Waals surface area (Å²) in [6.45, 7) is 0.561. The van der Waals surface area contributed by atoms with Crippen LogP contribution < -0.4 is 10.6 Å². The highest BCUT2D eigenvalue weighted by Crippen LogP contribution is 2.29. The van der Waals surface area contributed by atoms with Crippen molar-refractivity contribution in [3.8, 4) is 0 Å². The molecule has 0 aromatic heterocycles. The van der Waals surface area contributed by atoms with Gasteiger partial charge in [0, 0.05) is 12.6 Å². The van der Waals surface area contributed by atoms with E-state index in [1.165, 1.54) is 6.08 Å². The summed E-state index contributed by atoms with van der Waals surface area (Å²) in [5, 5.41) is 5.76. The Morgan fingerprint density at radius 3 is 2.20 bits per heavy atom. The predicted molar refractivity (Wildman–Crippen MR) is 106 cm³/mol. The fourth-order valence-corrected chi connectivity index (χ4v) is 2.58. The van der Waals surface area contributed by atoms with Gasteiger partial charge in [0.2, 0.25) is 9.70 Å². The molecule has 132 valence electrons. The van der Waals surface area contributed by atoms with Gasteiger partial charge in [-0.15, -0.1) is 0 Å². The van der Waals surface area contributed by atoms with Crippen LogP contribution >= 0.6 is 34.8 Å². The van der Waals surface area contributed by atoms with Crippen LogP contribution in [0.2, 0.25) is 0 Å². The van der Waals surface area contributed by atoms with Gasteiger partial charge in [-0.1, -0.05) is 95.5 Å². The molecule has 1 atom stereocenters. The number of rotatable bonds is 7. The van der Waals surface area contributed by atoms with E-state index in [-0.39, 0.29) is 5.91 Å². The van der Waals surface area contributed by atoms with E-state index in [0.717, 1.165) is 17.5 Å². The average Bonchev–Trinajstić information content (AvgIpc) is 2.60. The van der Waals surface area contributed by atoms with E-state index >= 15 is 0 Å². The molecule has 0 heterocycles. The van der Waals surface area contributed by atoms with Crippen LogP contribution in [0.5, 0.6) is 0 Å². The number of carbonyl (C=O) groups excluding carboxylic acids is 1. The quantitative estimate of drug-likeness (QED) is 0.414. The maximum atomic E-state index is 12.1. The molecular weight excluding hydrogens is 379 g/mol. The minimum atomic E-state index is -1.66. The fourth-order valence-electron chi connectivity index (χ4n) is 2.18. The van der Waals surface area contributed by atoms with E-state index in [1.54, 1.807) is 6.08 Å². The van der Waals surface area contributed by atoms with E-state index in [4.69, 9.17) is 34.8 Å². The maximum Gasteiger partial charge on any atom is 0.245 e. The molecule has 2 N–H and O–H groups in total. The molecule has 0 saturated carbocycles. The molecule has 0 bridgehead atoms. The van der Waals surface area contributed by atoms with E-state index in [9.17, 15) is 4.79 Å². The predicted octanol–water partition coefficient (Wildman–Crippen LogP) is 4.34. The molecule has 2 aromatic rings. The lowest BCUT2D eigenvalue weighted by Gasteiger charge is -2.26. The number of hydrogen-bond donors (Lipinski definition) is 2. The molecule has 0 saturated heterocycles. The van der Waals surface area contributed by atoms with E-state index in [1.807, 2.05) is 60.7 Å².